The normalized spacial score (nSPS) is 11.0. The van der Waals surface area contributed by atoms with E-state index >= 15 is 0 Å². The van der Waals surface area contributed by atoms with Crippen LogP contribution in [0, 0.1) is 0 Å². The van der Waals surface area contributed by atoms with Crippen LogP contribution in [0.5, 0.6) is 0 Å². The van der Waals surface area contributed by atoms with Crippen molar-refractivity contribution in [1.29, 1.82) is 0 Å². The smallest absolute Gasteiger partial charge is 0.333 e. The Bertz CT molecular complexity index is 190. The van der Waals surface area contributed by atoms with Crippen LogP contribution in [0.2, 0.25) is 0 Å². The lowest BCUT2D eigenvalue weighted by Crippen LogP contribution is -2.04. The van der Waals surface area contributed by atoms with Crippen LogP contribution >= 0.6 is 11.6 Å². The first-order chi connectivity index (χ1) is 5.04. The van der Waals surface area contributed by atoms with E-state index in [9.17, 15) is 4.79 Å². The summed E-state index contributed by atoms with van der Waals surface area (Å²) in [5.41, 5.74) is 0.394. The molecule has 0 fully saturated rings. The Labute approximate surface area is 71.5 Å². The summed E-state index contributed by atoms with van der Waals surface area (Å²) in [6, 6.07) is 0. The van der Waals surface area contributed by atoms with Crippen LogP contribution in [-0.2, 0) is 9.53 Å². The number of carbonyl (C=O) groups excluding carboxylic acids is 1. The predicted molar refractivity (Wildman–Crippen MR) is 45.4 cm³/mol. The van der Waals surface area contributed by atoms with Crippen molar-refractivity contribution in [1.82, 2.24) is 0 Å². The molecule has 62 valence electrons. The molecule has 0 unspecified atom stereocenters. The van der Waals surface area contributed by atoms with Gasteiger partial charge in [-0.1, -0.05) is 18.2 Å². The third-order valence-corrected chi connectivity index (χ3v) is 1.08. The molecule has 3 heteroatoms. The van der Waals surface area contributed by atoms with Crippen molar-refractivity contribution < 1.29 is 9.53 Å². The maximum Gasteiger partial charge on any atom is 0.333 e. The number of allylic oxidation sites excluding steroid dienone is 1. The van der Waals surface area contributed by atoms with Gasteiger partial charge in [0.2, 0.25) is 0 Å². The highest BCUT2D eigenvalue weighted by Crippen LogP contribution is 1.98. The average Bonchev–Trinajstić information content (AvgIpc) is 1.86. The van der Waals surface area contributed by atoms with Crippen LogP contribution in [0.4, 0.5) is 0 Å². The molecule has 0 aliphatic rings. The molecule has 0 spiro atoms. The van der Waals surface area contributed by atoms with E-state index in [1.54, 1.807) is 19.9 Å². The maximum atomic E-state index is 10.7. The van der Waals surface area contributed by atoms with Crippen molar-refractivity contribution in [2.75, 3.05) is 6.61 Å². The summed E-state index contributed by atoms with van der Waals surface area (Å²) in [5, 5.41) is 0.611. The van der Waals surface area contributed by atoms with E-state index in [4.69, 9.17) is 16.3 Å². The van der Waals surface area contributed by atoms with E-state index in [0.717, 1.165) is 0 Å². The molecular formula is C8H11ClO2. The summed E-state index contributed by atoms with van der Waals surface area (Å²) in [7, 11) is 0. The fourth-order valence-corrected chi connectivity index (χ4v) is 0.418. The van der Waals surface area contributed by atoms with E-state index in [0.29, 0.717) is 10.6 Å². The molecule has 0 saturated carbocycles. The van der Waals surface area contributed by atoms with E-state index in [1.165, 1.54) is 0 Å². The molecule has 0 amide bonds. The van der Waals surface area contributed by atoms with Crippen LogP contribution in [-0.4, -0.2) is 12.6 Å². The second-order valence-electron chi connectivity index (χ2n) is 2.17. The van der Waals surface area contributed by atoms with E-state index < -0.39 is 0 Å². The summed E-state index contributed by atoms with van der Waals surface area (Å²) < 4.78 is 4.71. The highest BCUT2D eigenvalue weighted by Gasteiger charge is 1.99. The molecule has 0 aliphatic heterocycles. The largest absolute Gasteiger partial charge is 0.458 e. The zero-order valence-corrected chi connectivity index (χ0v) is 7.44. The molecular weight excluding hydrogens is 164 g/mol. The minimum absolute atomic E-state index is 0.209. The van der Waals surface area contributed by atoms with Crippen LogP contribution < -0.4 is 0 Å². The molecule has 0 aromatic carbocycles. The van der Waals surface area contributed by atoms with Gasteiger partial charge in [0.15, 0.2) is 0 Å². The van der Waals surface area contributed by atoms with Gasteiger partial charge in [0.1, 0.15) is 6.61 Å². The monoisotopic (exact) mass is 174 g/mol. The van der Waals surface area contributed by atoms with Gasteiger partial charge in [-0.15, -0.1) is 0 Å². The molecule has 0 aromatic heterocycles. The molecule has 0 atom stereocenters. The number of halogens is 1. The highest BCUT2D eigenvalue weighted by atomic mass is 35.5. The molecule has 0 N–H and O–H groups in total. The van der Waals surface area contributed by atoms with Gasteiger partial charge in [-0.05, 0) is 19.9 Å². The Morgan fingerprint density at radius 3 is 2.55 bits per heavy atom. The topological polar surface area (TPSA) is 26.3 Å². The second kappa shape index (κ2) is 4.97. The zero-order chi connectivity index (χ0) is 8.85. The molecule has 0 radical (unpaired) electrons. The molecule has 0 heterocycles. The van der Waals surface area contributed by atoms with Crippen molar-refractivity contribution in [2.24, 2.45) is 0 Å². The Hall–Kier alpha value is -0.760. The molecule has 0 bridgehead atoms. The Morgan fingerprint density at radius 1 is 1.64 bits per heavy atom. The first kappa shape index (κ1) is 10.2. The van der Waals surface area contributed by atoms with E-state index in [1.807, 2.05) is 0 Å². The van der Waals surface area contributed by atoms with Gasteiger partial charge in [-0.3, -0.25) is 0 Å². The van der Waals surface area contributed by atoms with Crippen molar-refractivity contribution in [3.63, 3.8) is 0 Å². The van der Waals surface area contributed by atoms with Gasteiger partial charge >= 0.3 is 5.97 Å². The summed E-state index contributed by atoms with van der Waals surface area (Å²) in [6.45, 7) is 6.95. The van der Waals surface area contributed by atoms with Crippen molar-refractivity contribution in [2.45, 2.75) is 13.8 Å². The van der Waals surface area contributed by atoms with Crippen molar-refractivity contribution in [3.8, 4) is 0 Å². The van der Waals surface area contributed by atoms with Crippen LogP contribution in [0.25, 0.3) is 0 Å². The molecule has 11 heavy (non-hydrogen) atoms. The molecule has 0 rings (SSSR count). The Morgan fingerprint density at radius 2 is 2.18 bits per heavy atom. The van der Waals surface area contributed by atoms with Gasteiger partial charge < -0.3 is 4.74 Å². The van der Waals surface area contributed by atoms with Crippen LogP contribution in [0.15, 0.2) is 23.3 Å². The highest BCUT2D eigenvalue weighted by molar-refractivity contribution is 6.29. The predicted octanol–water partition coefficient (Wildman–Crippen LogP) is 2.25. The lowest BCUT2D eigenvalue weighted by atomic mass is 10.4. The summed E-state index contributed by atoms with van der Waals surface area (Å²) in [6.07, 6.45) is 1.61. The van der Waals surface area contributed by atoms with Gasteiger partial charge in [0.25, 0.3) is 0 Å². The minimum atomic E-state index is -0.390. The number of hydrogen-bond donors (Lipinski definition) is 0. The van der Waals surface area contributed by atoms with Gasteiger partial charge in [0.05, 0.1) is 0 Å². The van der Waals surface area contributed by atoms with Crippen molar-refractivity contribution in [3.05, 3.63) is 23.3 Å². The molecule has 0 aliphatic carbocycles. The van der Waals surface area contributed by atoms with Crippen molar-refractivity contribution >= 4 is 17.6 Å². The average molecular weight is 175 g/mol. The third kappa shape index (κ3) is 5.67. The lowest BCUT2D eigenvalue weighted by molar-refractivity contribution is -0.137. The molecule has 0 saturated heterocycles. The van der Waals surface area contributed by atoms with Gasteiger partial charge in [0, 0.05) is 10.6 Å². The zero-order valence-electron chi connectivity index (χ0n) is 6.69. The van der Waals surface area contributed by atoms with Crippen LogP contribution in [0.1, 0.15) is 13.8 Å². The fourth-order valence-electron chi connectivity index (χ4n) is 0.355. The van der Waals surface area contributed by atoms with Gasteiger partial charge in [-0.2, -0.15) is 0 Å². The number of ether oxygens (including phenoxy) is 1. The first-order valence-corrected chi connectivity index (χ1v) is 3.56. The van der Waals surface area contributed by atoms with Gasteiger partial charge in [-0.25, -0.2) is 4.79 Å². The minimum Gasteiger partial charge on any atom is -0.458 e. The lowest BCUT2D eigenvalue weighted by Gasteiger charge is -1.99. The number of hydrogen-bond acceptors (Lipinski definition) is 2. The van der Waals surface area contributed by atoms with E-state index in [2.05, 4.69) is 6.58 Å². The second-order valence-corrected chi connectivity index (χ2v) is 2.77. The quantitative estimate of drug-likeness (QED) is 0.485. The maximum absolute atomic E-state index is 10.7. The fraction of sp³-hybridized carbons (Fsp3) is 0.375. The SMILES string of the molecule is C=C(C)C(=O)OC/C=C(/C)Cl. The summed E-state index contributed by atoms with van der Waals surface area (Å²) >= 11 is 5.49. The van der Waals surface area contributed by atoms with E-state index in [-0.39, 0.29) is 12.6 Å². The summed E-state index contributed by atoms with van der Waals surface area (Å²) in [5.74, 6) is -0.390. The van der Waals surface area contributed by atoms with Crippen LogP contribution in [0.3, 0.4) is 0 Å². The number of carbonyl (C=O) groups is 1. The Kier molecular flexibility index (Phi) is 4.62. The third-order valence-electron chi connectivity index (χ3n) is 0.927. The number of esters is 1. The number of rotatable bonds is 3. The molecule has 2 nitrogen and oxygen atoms in total. The summed E-state index contributed by atoms with van der Waals surface area (Å²) in [4.78, 5) is 10.7. The first-order valence-electron chi connectivity index (χ1n) is 3.19. The Balaban J connectivity index is 3.64. The standard InChI is InChI=1S/C8H11ClO2/c1-6(2)8(10)11-5-4-7(3)9/h4H,1,5H2,2-3H3/b7-4-. The molecule has 0 aromatic rings.